The number of aromatic nitrogens is 3. The second-order valence-electron chi connectivity index (χ2n) is 6.28. The van der Waals surface area contributed by atoms with Crippen molar-refractivity contribution in [2.45, 2.75) is 20.8 Å². The van der Waals surface area contributed by atoms with Crippen molar-refractivity contribution in [3.8, 4) is 6.07 Å². The summed E-state index contributed by atoms with van der Waals surface area (Å²) in [6, 6.07) is 15.5. The molecule has 3 rings (SSSR count). The third-order valence-corrected chi connectivity index (χ3v) is 4.43. The van der Waals surface area contributed by atoms with E-state index in [1.807, 2.05) is 18.2 Å². The monoisotopic (exact) mass is 373 g/mol. The Hall–Kier alpha value is -3.66. The van der Waals surface area contributed by atoms with Crippen LogP contribution in [0.3, 0.4) is 0 Å². The fourth-order valence-corrected chi connectivity index (χ4v) is 2.89. The zero-order chi connectivity index (χ0) is 19.9. The molecule has 0 unspecified atom stereocenters. The number of nitriles is 1. The molecule has 0 aliphatic carbocycles. The lowest BCUT2D eigenvalue weighted by Gasteiger charge is -2.22. The van der Waals surface area contributed by atoms with E-state index in [4.69, 9.17) is 5.26 Å². The second kappa shape index (κ2) is 8.82. The number of anilines is 5. The molecule has 1 heterocycles. The molecule has 0 aliphatic heterocycles. The van der Waals surface area contributed by atoms with Gasteiger partial charge in [0.1, 0.15) is 0 Å². The van der Waals surface area contributed by atoms with Gasteiger partial charge >= 0.3 is 0 Å². The summed E-state index contributed by atoms with van der Waals surface area (Å²) in [7, 11) is 0. The summed E-state index contributed by atoms with van der Waals surface area (Å²) < 4.78 is 0. The Morgan fingerprint density at radius 3 is 2.43 bits per heavy atom. The van der Waals surface area contributed by atoms with Crippen LogP contribution in [0.2, 0.25) is 0 Å². The highest BCUT2D eigenvalue weighted by atomic mass is 15.3. The van der Waals surface area contributed by atoms with Gasteiger partial charge in [-0.2, -0.15) is 15.3 Å². The topological polar surface area (TPSA) is 89.8 Å². The fraction of sp³-hybridized carbons (Fsp3) is 0.238. The molecule has 7 heteroatoms. The van der Waals surface area contributed by atoms with Gasteiger partial charge in [-0.3, -0.25) is 0 Å². The first-order valence-corrected chi connectivity index (χ1v) is 9.22. The molecule has 0 radical (unpaired) electrons. The Labute approximate surface area is 165 Å². The Bertz CT molecular complexity index is 973. The van der Waals surface area contributed by atoms with Crippen molar-refractivity contribution < 1.29 is 0 Å². The number of hydrogen-bond acceptors (Lipinski definition) is 7. The van der Waals surface area contributed by atoms with Gasteiger partial charge in [0, 0.05) is 30.2 Å². The zero-order valence-electron chi connectivity index (χ0n) is 16.3. The Balaban J connectivity index is 1.74. The Morgan fingerprint density at radius 2 is 1.79 bits per heavy atom. The van der Waals surface area contributed by atoms with E-state index < -0.39 is 0 Å². The third-order valence-electron chi connectivity index (χ3n) is 4.43. The van der Waals surface area contributed by atoms with Crippen LogP contribution in [-0.2, 0) is 0 Å². The number of nitrogens with one attached hydrogen (secondary N) is 2. The van der Waals surface area contributed by atoms with E-state index in [1.54, 1.807) is 18.3 Å². The summed E-state index contributed by atoms with van der Waals surface area (Å²) in [5, 5.41) is 23.4. The van der Waals surface area contributed by atoms with Crippen LogP contribution in [0.5, 0.6) is 0 Å². The van der Waals surface area contributed by atoms with Crippen LogP contribution in [0.1, 0.15) is 25.0 Å². The van der Waals surface area contributed by atoms with Gasteiger partial charge in [-0.15, -0.1) is 5.10 Å². The number of hydrogen-bond donors (Lipinski definition) is 2. The summed E-state index contributed by atoms with van der Waals surface area (Å²) >= 11 is 0. The van der Waals surface area contributed by atoms with Crippen molar-refractivity contribution in [2.75, 3.05) is 28.6 Å². The molecule has 28 heavy (non-hydrogen) atoms. The van der Waals surface area contributed by atoms with Crippen LogP contribution >= 0.6 is 0 Å². The van der Waals surface area contributed by atoms with Gasteiger partial charge in [-0.05, 0) is 68.8 Å². The maximum Gasteiger partial charge on any atom is 0.249 e. The molecule has 2 aromatic carbocycles. The van der Waals surface area contributed by atoms with E-state index in [0.29, 0.717) is 17.3 Å². The predicted molar refractivity (Wildman–Crippen MR) is 112 cm³/mol. The van der Waals surface area contributed by atoms with Crippen molar-refractivity contribution in [2.24, 2.45) is 0 Å². The Kier molecular flexibility index (Phi) is 6.02. The van der Waals surface area contributed by atoms with E-state index >= 15 is 0 Å². The van der Waals surface area contributed by atoms with E-state index in [0.717, 1.165) is 30.0 Å². The molecule has 0 amide bonds. The number of nitrogens with zero attached hydrogens (tertiary/aromatic N) is 5. The first-order chi connectivity index (χ1) is 13.6. The van der Waals surface area contributed by atoms with E-state index in [1.165, 1.54) is 5.69 Å². The molecule has 3 aromatic rings. The minimum atomic E-state index is 0.414. The summed E-state index contributed by atoms with van der Waals surface area (Å²) in [5.41, 5.74) is 4.68. The predicted octanol–water partition coefficient (Wildman–Crippen LogP) is 4.39. The van der Waals surface area contributed by atoms with Crippen LogP contribution in [0, 0.1) is 18.3 Å². The molecular weight excluding hydrogens is 350 g/mol. The number of aryl methyl sites for hydroxylation is 1. The SMILES string of the molecule is CCN(CC)c1ccc(Nc2nncc(Nc3ccc(C#N)cc3)n2)c(C)c1. The fourth-order valence-electron chi connectivity index (χ4n) is 2.89. The molecule has 0 bridgehead atoms. The number of benzene rings is 2. The van der Waals surface area contributed by atoms with Crippen LogP contribution < -0.4 is 15.5 Å². The standard InChI is InChI=1S/C21H23N7/c1-4-28(5-2)18-10-11-19(15(3)12-18)25-21-26-20(14-23-27-21)24-17-8-6-16(13-22)7-9-17/h6-12,14H,4-5H2,1-3H3,(H2,24,25,26,27). The van der Waals surface area contributed by atoms with Crippen molar-refractivity contribution in [3.05, 3.63) is 59.8 Å². The van der Waals surface area contributed by atoms with Gasteiger partial charge in [0.2, 0.25) is 5.95 Å². The van der Waals surface area contributed by atoms with Gasteiger partial charge in [0.25, 0.3) is 0 Å². The van der Waals surface area contributed by atoms with Crippen LogP contribution in [-0.4, -0.2) is 28.3 Å². The highest BCUT2D eigenvalue weighted by Gasteiger charge is 2.07. The van der Waals surface area contributed by atoms with E-state index in [-0.39, 0.29) is 0 Å². The Morgan fingerprint density at radius 1 is 1.04 bits per heavy atom. The van der Waals surface area contributed by atoms with Crippen LogP contribution in [0.25, 0.3) is 0 Å². The van der Waals surface area contributed by atoms with Crippen molar-refractivity contribution in [1.29, 1.82) is 5.26 Å². The van der Waals surface area contributed by atoms with Crippen LogP contribution in [0.15, 0.2) is 48.7 Å². The highest BCUT2D eigenvalue weighted by molar-refractivity contribution is 5.65. The van der Waals surface area contributed by atoms with Gasteiger partial charge in [-0.1, -0.05) is 0 Å². The average Bonchev–Trinajstić information content (AvgIpc) is 2.72. The molecule has 7 nitrogen and oxygen atoms in total. The molecule has 1 aromatic heterocycles. The molecule has 0 saturated carbocycles. The largest absolute Gasteiger partial charge is 0.372 e. The summed E-state index contributed by atoms with van der Waals surface area (Å²) in [6.07, 6.45) is 1.56. The summed E-state index contributed by atoms with van der Waals surface area (Å²) in [5.74, 6) is 0.983. The van der Waals surface area contributed by atoms with Crippen molar-refractivity contribution >= 4 is 28.8 Å². The second-order valence-corrected chi connectivity index (χ2v) is 6.28. The molecule has 0 saturated heterocycles. The molecule has 0 spiro atoms. The average molecular weight is 373 g/mol. The molecule has 2 N–H and O–H groups in total. The summed E-state index contributed by atoms with van der Waals surface area (Å²) in [4.78, 5) is 6.77. The van der Waals surface area contributed by atoms with Gasteiger partial charge in [-0.25, -0.2) is 0 Å². The first-order valence-electron chi connectivity index (χ1n) is 9.22. The molecular formula is C21H23N7. The first kappa shape index (κ1) is 19.1. The lowest BCUT2D eigenvalue weighted by Crippen LogP contribution is -2.21. The van der Waals surface area contributed by atoms with Crippen molar-refractivity contribution in [1.82, 2.24) is 15.2 Å². The quantitative estimate of drug-likeness (QED) is 0.635. The third kappa shape index (κ3) is 4.54. The highest BCUT2D eigenvalue weighted by Crippen LogP contribution is 2.25. The smallest absolute Gasteiger partial charge is 0.249 e. The van der Waals surface area contributed by atoms with Gasteiger partial charge in [0.15, 0.2) is 5.82 Å². The lowest BCUT2D eigenvalue weighted by atomic mass is 10.1. The van der Waals surface area contributed by atoms with Crippen molar-refractivity contribution in [3.63, 3.8) is 0 Å². The maximum absolute atomic E-state index is 8.88. The van der Waals surface area contributed by atoms with E-state index in [9.17, 15) is 0 Å². The molecule has 0 aliphatic rings. The maximum atomic E-state index is 8.88. The minimum absolute atomic E-state index is 0.414. The normalized spacial score (nSPS) is 10.2. The zero-order valence-corrected chi connectivity index (χ0v) is 16.3. The summed E-state index contributed by atoms with van der Waals surface area (Å²) in [6.45, 7) is 8.30. The lowest BCUT2D eigenvalue weighted by molar-refractivity contribution is 0.865. The molecule has 0 fully saturated rings. The van der Waals surface area contributed by atoms with Gasteiger partial charge < -0.3 is 15.5 Å². The van der Waals surface area contributed by atoms with E-state index in [2.05, 4.69) is 69.7 Å². The van der Waals surface area contributed by atoms with Gasteiger partial charge in [0.05, 0.1) is 17.8 Å². The number of rotatable bonds is 7. The van der Waals surface area contributed by atoms with Crippen LogP contribution in [0.4, 0.5) is 28.8 Å². The minimum Gasteiger partial charge on any atom is -0.372 e. The molecule has 142 valence electrons. The molecule has 0 atom stereocenters.